The highest BCUT2D eigenvalue weighted by atomic mass is 32.2. The summed E-state index contributed by atoms with van der Waals surface area (Å²) >= 11 is 0. The van der Waals surface area contributed by atoms with Gasteiger partial charge in [0.15, 0.2) is 0 Å². The topological polar surface area (TPSA) is 75.8 Å². The molecule has 3 heterocycles. The molecule has 0 atom stereocenters. The lowest BCUT2D eigenvalue weighted by molar-refractivity contribution is 0.595. The number of hydrogen-bond donors (Lipinski definition) is 1. The number of nitrogens with zero attached hydrogens (tertiary/aromatic N) is 3. The summed E-state index contributed by atoms with van der Waals surface area (Å²) < 4.78 is 28.6. The smallest absolute Gasteiger partial charge is 0.263 e. The zero-order valence-corrected chi connectivity index (χ0v) is 13.2. The number of amidine groups is 1. The highest BCUT2D eigenvalue weighted by molar-refractivity contribution is 7.90. The van der Waals surface area contributed by atoms with Crippen LogP contribution in [-0.2, 0) is 16.6 Å². The Balaban J connectivity index is 1.70. The molecule has 3 aromatic rings. The normalized spacial score (nSPS) is 17.3. The second kappa shape index (κ2) is 4.92. The fraction of sp³-hybridized carbons (Fsp3) is 0.125. The fourth-order valence-electron chi connectivity index (χ4n) is 2.69. The van der Waals surface area contributed by atoms with Crippen LogP contribution in [0.1, 0.15) is 17.0 Å². The summed E-state index contributed by atoms with van der Waals surface area (Å²) in [7, 11) is -3.50. The maximum Gasteiger partial charge on any atom is 0.263 e. The van der Waals surface area contributed by atoms with Crippen molar-refractivity contribution in [2.75, 3.05) is 0 Å². The third-order valence-corrected chi connectivity index (χ3v) is 5.20. The van der Waals surface area contributed by atoms with E-state index < -0.39 is 10.0 Å². The first-order valence-electron chi connectivity index (χ1n) is 7.15. The Labute approximate surface area is 133 Å². The van der Waals surface area contributed by atoms with Crippen LogP contribution < -0.4 is 4.72 Å². The summed E-state index contributed by atoms with van der Waals surface area (Å²) in [5, 5.41) is 0. The maximum atomic E-state index is 12.0. The van der Waals surface area contributed by atoms with Gasteiger partial charge in [-0.15, -0.1) is 0 Å². The quantitative estimate of drug-likeness (QED) is 0.781. The van der Waals surface area contributed by atoms with Gasteiger partial charge in [0.25, 0.3) is 10.0 Å². The largest absolute Gasteiger partial charge is 0.304 e. The molecule has 0 bridgehead atoms. The molecule has 0 amide bonds. The van der Waals surface area contributed by atoms with E-state index in [4.69, 9.17) is 0 Å². The molecular formula is C16H14N4O2S. The molecule has 1 N–H and O–H groups in total. The van der Waals surface area contributed by atoms with Gasteiger partial charge in [-0.1, -0.05) is 18.2 Å². The van der Waals surface area contributed by atoms with Gasteiger partial charge in [0.2, 0.25) is 0 Å². The van der Waals surface area contributed by atoms with E-state index in [9.17, 15) is 8.42 Å². The van der Waals surface area contributed by atoms with E-state index in [0.29, 0.717) is 17.9 Å². The molecular weight excluding hydrogens is 312 g/mol. The van der Waals surface area contributed by atoms with Gasteiger partial charge in [0, 0.05) is 17.5 Å². The van der Waals surface area contributed by atoms with Crippen LogP contribution in [0.2, 0.25) is 0 Å². The van der Waals surface area contributed by atoms with Crippen molar-refractivity contribution in [3.8, 4) is 0 Å². The van der Waals surface area contributed by atoms with E-state index in [1.165, 1.54) is 0 Å². The minimum absolute atomic E-state index is 0.268. The summed E-state index contributed by atoms with van der Waals surface area (Å²) in [5.41, 5.74) is 3.33. The predicted octanol–water partition coefficient (Wildman–Crippen LogP) is 1.88. The number of rotatable bonds is 2. The number of sulfonamides is 1. The number of nitrogens with one attached hydrogen (secondary N) is 1. The summed E-state index contributed by atoms with van der Waals surface area (Å²) in [4.78, 5) is 9.18. The van der Waals surface area contributed by atoms with E-state index in [1.807, 2.05) is 35.7 Å². The fourth-order valence-corrected chi connectivity index (χ4v) is 3.94. The predicted molar refractivity (Wildman–Crippen MR) is 86.9 cm³/mol. The van der Waals surface area contributed by atoms with Crippen LogP contribution in [0.25, 0.3) is 5.65 Å². The SMILES string of the molecule is Cc1cccc2nc(CN=C3NS(=O)(=O)c4ccccc43)cn12. The van der Waals surface area contributed by atoms with Crippen LogP contribution in [0.3, 0.4) is 0 Å². The molecule has 1 aliphatic heterocycles. The first kappa shape index (κ1) is 14.0. The van der Waals surface area contributed by atoms with Crippen molar-refractivity contribution in [2.24, 2.45) is 4.99 Å². The average molecular weight is 326 g/mol. The number of fused-ring (bicyclic) bond motifs is 2. The Kier molecular flexibility index (Phi) is 2.99. The van der Waals surface area contributed by atoms with Crippen LogP contribution in [0.5, 0.6) is 0 Å². The van der Waals surface area contributed by atoms with Crippen LogP contribution in [0.4, 0.5) is 0 Å². The van der Waals surface area contributed by atoms with Gasteiger partial charge in [-0.2, -0.15) is 0 Å². The van der Waals surface area contributed by atoms with Crippen molar-refractivity contribution in [2.45, 2.75) is 18.4 Å². The number of hydrogen-bond acceptors (Lipinski definition) is 4. The first-order valence-corrected chi connectivity index (χ1v) is 8.63. The van der Waals surface area contributed by atoms with Crippen LogP contribution in [-0.4, -0.2) is 23.6 Å². The van der Waals surface area contributed by atoms with Crippen molar-refractivity contribution < 1.29 is 8.42 Å². The van der Waals surface area contributed by atoms with Crippen LogP contribution >= 0.6 is 0 Å². The Morgan fingerprint density at radius 1 is 1.17 bits per heavy atom. The van der Waals surface area contributed by atoms with Gasteiger partial charge < -0.3 is 4.40 Å². The Morgan fingerprint density at radius 3 is 2.83 bits per heavy atom. The maximum absolute atomic E-state index is 12.0. The van der Waals surface area contributed by atoms with E-state index in [2.05, 4.69) is 14.7 Å². The average Bonchev–Trinajstić information content (AvgIpc) is 3.06. The molecule has 23 heavy (non-hydrogen) atoms. The molecule has 1 aliphatic rings. The molecule has 4 rings (SSSR count). The third-order valence-electron chi connectivity index (χ3n) is 3.81. The first-order chi connectivity index (χ1) is 11.0. The van der Waals surface area contributed by atoms with Gasteiger partial charge in [0.05, 0.1) is 17.1 Å². The minimum atomic E-state index is -3.50. The number of aromatic nitrogens is 2. The molecule has 0 spiro atoms. The molecule has 2 aromatic heterocycles. The summed E-state index contributed by atoms with van der Waals surface area (Å²) in [6, 6.07) is 12.7. The molecule has 0 saturated heterocycles. The highest BCUT2D eigenvalue weighted by Crippen LogP contribution is 2.22. The summed E-state index contributed by atoms with van der Waals surface area (Å²) in [5.74, 6) is 0.370. The molecule has 6 nitrogen and oxygen atoms in total. The van der Waals surface area contributed by atoms with Crippen molar-refractivity contribution in [3.05, 3.63) is 65.6 Å². The molecule has 0 aliphatic carbocycles. The van der Waals surface area contributed by atoms with E-state index >= 15 is 0 Å². The van der Waals surface area contributed by atoms with E-state index in [0.717, 1.165) is 17.0 Å². The molecule has 0 radical (unpaired) electrons. The number of imidazole rings is 1. The van der Waals surface area contributed by atoms with Gasteiger partial charge in [-0.25, -0.2) is 13.4 Å². The number of aliphatic imine (C=N–C) groups is 1. The standard InChI is InChI=1S/C16H14N4O2S/c1-11-5-4-8-15-18-12(10-20(11)15)9-17-16-13-6-2-3-7-14(13)23(21,22)19-16/h2-8,10H,9H2,1H3,(H,17,19). The van der Waals surface area contributed by atoms with E-state index in [-0.39, 0.29) is 4.90 Å². The van der Waals surface area contributed by atoms with Gasteiger partial charge in [0.1, 0.15) is 11.5 Å². The zero-order chi connectivity index (χ0) is 16.0. The van der Waals surface area contributed by atoms with Crippen molar-refractivity contribution >= 4 is 21.5 Å². The van der Waals surface area contributed by atoms with Crippen LogP contribution in [0, 0.1) is 6.92 Å². The van der Waals surface area contributed by atoms with Crippen molar-refractivity contribution in [1.29, 1.82) is 0 Å². The Bertz CT molecular complexity index is 1050. The zero-order valence-electron chi connectivity index (χ0n) is 12.4. The van der Waals surface area contributed by atoms with Gasteiger partial charge in [-0.05, 0) is 31.2 Å². The molecule has 116 valence electrons. The molecule has 0 saturated carbocycles. The second-order valence-corrected chi connectivity index (χ2v) is 7.04. The van der Waals surface area contributed by atoms with Crippen LogP contribution in [0.15, 0.2) is 58.5 Å². The monoisotopic (exact) mass is 326 g/mol. The molecule has 7 heteroatoms. The highest BCUT2D eigenvalue weighted by Gasteiger charge is 2.29. The Morgan fingerprint density at radius 2 is 2.00 bits per heavy atom. The third kappa shape index (κ3) is 2.29. The van der Waals surface area contributed by atoms with Crippen molar-refractivity contribution in [3.63, 3.8) is 0 Å². The Hall–Kier alpha value is -2.67. The lowest BCUT2D eigenvalue weighted by Gasteiger charge is -1.97. The molecule has 0 fully saturated rings. The lowest BCUT2D eigenvalue weighted by Crippen LogP contribution is -2.22. The number of pyridine rings is 1. The lowest BCUT2D eigenvalue weighted by atomic mass is 10.2. The number of aryl methyl sites for hydroxylation is 1. The summed E-state index contributed by atoms with van der Waals surface area (Å²) in [6.07, 6.45) is 1.92. The minimum Gasteiger partial charge on any atom is -0.304 e. The molecule has 0 unspecified atom stereocenters. The summed E-state index contributed by atoms with van der Waals surface area (Å²) in [6.45, 7) is 2.32. The van der Waals surface area contributed by atoms with Crippen molar-refractivity contribution in [1.82, 2.24) is 14.1 Å². The second-order valence-electron chi connectivity index (χ2n) is 5.39. The van der Waals surface area contributed by atoms with Gasteiger partial charge in [-0.3, -0.25) is 9.71 Å². The van der Waals surface area contributed by atoms with E-state index in [1.54, 1.807) is 24.3 Å². The molecule has 1 aromatic carbocycles. The number of benzene rings is 1. The van der Waals surface area contributed by atoms with Gasteiger partial charge >= 0.3 is 0 Å².